The highest BCUT2D eigenvalue weighted by Gasteiger charge is 2.28. The highest BCUT2D eigenvalue weighted by atomic mass is 35.5. The zero-order chi connectivity index (χ0) is 13.1. The third-order valence-corrected chi connectivity index (χ3v) is 3.75. The summed E-state index contributed by atoms with van der Waals surface area (Å²) in [7, 11) is 0. The first-order valence-electron chi connectivity index (χ1n) is 5.93. The molecule has 1 amide bonds. The fourth-order valence-corrected chi connectivity index (χ4v) is 2.67. The molecule has 0 saturated heterocycles. The first-order chi connectivity index (χ1) is 8.61. The van der Waals surface area contributed by atoms with Crippen LogP contribution in [0.4, 0.5) is 8.78 Å². The lowest BCUT2D eigenvalue weighted by atomic mass is 10.1. The lowest BCUT2D eigenvalue weighted by molar-refractivity contribution is 0.0929. The minimum atomic E-state index is -1.01. The van der Waals surface area contributed by atoms with Crippen molar-refractivity contribution in [3.8, 4) is 0 Å². The van der Waals surface area contributed by atoms with Gasteiger partial charge in [0, 0.05) is 17.5 Å². The fraction of sp³-hybridized carbons (Fsp3) is 0.462. The molecule has 2 rings (SSSR count). The summed E-state index contributed by atoms with van der Waals surface area (Å²) in [6, 6.07) is 3.18. The first kappa shape index (κ1) is 13.3. The van der Waals surface area contributed by atoms with Gasteiger partial charge in [-0.2, -0.15) is 0 Å². The van der Waals surface area contributed by atoms with Crippen molar-refractivity contribution in [1.82, 2.24) is 5.32 Å². The number of nitrogens with one attached hydrogen (secondary N) is 1. The van der Waals surface area contributed by atoms with E-state index in [0.29, 0.717) is 5.88 Å². The maximum Gasteiger partial charge on any atom is 0.251 e. The second-order valence-electron chi connectivity index (χ2n) is 4.55. The quantitative estimate of drug-likeness (QED) is 0.843. The van der Waals surface area contributed by atoms with Crippen molar-refractivity contribution in [3.05, 3.63) is 35.4 Å². The van der Waals surface area contributed by atoms with Gasteiger partial charge in [0.05, 0.1) is 0 Å². The van der Waals surface area contributed by atoms with Gasteiger partial charge in [0.1, 0.15) is 0 Å². The smallest absolute Gasteiger partial charge is 0.251 e. The molecule has 18 heavy (non-hydrogen) atoms. The molecule has 5 heteroatoms. The molecule has 98 valence electrons. The van der Waals surface area contributed by atoms with Gasteiger partial charge in [-0.1, -0.05) is 6.42 Å². The highest BCUT2D eigenvalue weighted by molar-refractivity contribution is 6.18. The number of rotatable bonds is 3. The summed E-state index contributed by atoms with van der Waals surface area (Å²) in [6.07, 6.45) is 2.90. The Morgan fingerprint density at radius 2 is 2.11 bits per heavy atom. The van der Waals surface area contributed by atoms with E-state index in [1.807, 2.05) is 0 Å². The SMILES string of the molecule is O=C(NC1CCCC1CCl)c1ccc(F)c(F)c1. The van der Waals surface area contributed by atoms with Crippen molar-refractivity contribution in [3.63, 3.8) is 0 Å². The van der Waals surface area contributed by atoms with Crippen LogP contribution in [0.25, 0.3) is 0 Å². The molecule has 0 radical (unpaired) electrons. The summed E-state index contributed by atoms with van der Waals surface area (Å²) < 4.78 is 25.8. The molecule has 1 aromatic carbocycles. The molecule has 2 atom stereocenters. The zero-order valence-electron chi connectivity index (χ0n) is 9.76. The molecule has 0 spiro atoms. The van der Waals surface area contributed by atoms with Crippen LogP contribution in [0.2, 0.25) is 0 Å². The molecule has 2 unspecified atom stereocenters. The Bertz CT molecular complexity index is 453. The van der Waals surface area contributed by atoms with Gasteiger partial charge < -0.3 is 5.32 Å². The third-order valence-electron chi connectivity index (χ3n) is 3.36. The number of hydrogen-bond donors (Lipinski definition) is 1. The normalized spacial score (nSPS) is 23.1. The van der Waals surface area contributed by atoms with Crippen molar-refractivity contribution in [2.75, 3.05) is 5.88 Å². The maximum atomic E-state index is 13.0. The van der Waals surface area contributed by atoms with Crippen molar-refractivity contribution in [2.24, 2.45) is 5.92 Å². The predicted octanol–water partition coefficient (Wildman–Crippen LogP) is 3.10. The Hall–Kier alpha value is -1.16. The molecule has 0 bridgehead atoms. The second kappa shape index (κ2) is 5.65. The van der Waals surface area contributed by atoms with Gasteiger partial charge in [-0.05, 0) is 37.0 Å². The lowest BCUT2D eigenvalue weighted by Crippen LogP contribution is -2.38. The van der Waals surface area contributed by atoms with E-state index < -0.39 is 11.6 Å². The number of carbonyl (C=O) groups excluding carboxylic acids is 1. The molecule has 0 heterocycles. The average molecular weight is 274 g/mol. The molecular formula is C13H14ClF2NO. The van der Waals surface area contributed by atoms with Crippen molar-refractivity contribution < 1.29 is 13.6 Å². The van der Waals surface area contributed by atoms with Crippen LogP contribution < -0.4 is 5.32 Å². The average Bonchev–Trinajstić information content (AvgIpc) is 2.79. The Labute approximate surface area is 109 Å². The van der Waals surface area contributed by atoms with Gasteiger partial charge in [0.2, 0.25) is 0 Å². The highest BCUT2D eigenvalue weighted by Crippen LogP contribution is 2.26. The topological polar surface area (TPSA) is 29.1 Å². The Morgan fingerprint density at radius 3 is 2.78 bits per heavy atom. The molecule has 0 aliphatic heterocycles. The number of carbonyl (C=O) groups is 1. The number of benzene rings is 1. The summed E-state index contributed by atoms with van der Waals surface area (Å²) >= 11 is 5.82. The molecule has 1 aromatic rings. The lowest BCUT2D eigenvalue weighted by Gasteiger charge is -2.18. The van der Waals surface area contributed by atoms with Crippen LogP contribution in [0.1, 0.15) is 29.6 Å². The van der Waals surface area contributed by atoms with Gasteiger partial charge in [0.25, 0.3) is 5.91 Å². The summed E-state index contributed by atoms with van der Waals surface area (Å²) in [5.41, 5.74) is 0.133. The van der Waals surface area contributed by atoms with E-state index in [2.05, 4.69) is 5.32 Å². The number of halogens is 3. The van der Waals surface area contributed by atoms with Gasteiger partial charge in [0.15, 0.2) is 11.6 Å². The molecule has 1 saturated carbocycles. The minimum absolute atomic E-state index is 0.0307. The van der Waals surface area contributed by atoms with E-state index in [1.54, 1.807) is 0 Å². The van der Waals surface area contributed by atoms with Crippen LogP contribution in [-0.4, -0.2) is 17.8 Å². The minimum Gasteiger partial charge on any atom is -0.349 e. The number of hydrogen-bond acceptors (Lipinski definition) is 1. The van der Waals surface area contributed by atoms with Crippen molar-refractivity contribution in [1.29, 1.82) is 0 Å². The molecule has 1 N–H and O–H groups in total. The molecule has 1 aliphatic carbocycles. The number of alkyl halides is 1. The first-order valence-corrected chi connectivity index (χ1v) is 6.47. The molecule has 1 fully saturated rings. The van der Waals surface area contributed by atoms with Crippen molar-refractivity contribution in [2.45, 2.75) is 25.3 Å². The fourth-order valence-electron chi connectivity index (χ4n) is 2.30. The largest absolute Gasteiger partial charge is 0.349 e. The maximum absolute atomic E-state index is 13.0. The zero-order valence-corrected chi connectivity index (χ0v) is 10.5. The van der Waals surface area contributed by atoms with Crippen LogP contribution >= 0.6 is 11.6 Å². The number of amides is 1. The van der Waals surface area contributed by atoms with E-state index in [1.165, 1.54) is 6.07 Å². The van der Waals surface area contributed by atoms with Gasteiger partial charge in [-0.3, -0.25) is 4.79 Å². The summed E-state index contributed by atoms with van der Waals surface area (Å²) in [4.78, 5) is 11.9. The van der Waals surface area contributed by atoms with Gasteiger partial charge >= 0.3 is 0 Å². The molecule has 0 aromatic heterocycles. The summed E-state index contributed by atoms with van der Waals surface area (Å²) in [5, 5.41) is 2.83. The van der Waals surface area contributed by atoms with Crippen LogP contribution in [0.5, 0.6) is 0 Å². The monoisotopic (exact) mass is 273 g/mol. The van der Waals surface area contributed by atoms with E-state index >= 15 is 0 Å². The van der Waals surface area contributed by atoms with Crippen LogP contribution in [-0.2, 0) is 0 Å². The van der Waals surface area contributed by atoms with Crippen molar-refractivity contribution >= 4 is 17.5 Å². The van der Waals surface area contributed by atoms with E-state index in [0.717, 1.165) is 31.4 Å². The molecular weight excluding hydrogens is 260 g/mol. The molecule has 2 nitrogen and oxygen atoms in total. The van der Waals surface area contributed by atoms with E-state index in [9.17, 15) is 13.6 Å². The summed E-state index contributed by atoms with van der Waals surface area (Å²) in [6.45, 7) is 0. The Balaban J connectivity index is 2.05. The van der Waals surface area contributed by atoms with Crippen LogP contribution in [0.15, 0.2) is 18.2 Å². The summed E-state index contributed by atoms with van der Waals surface area (Å²) in [5.74, 6) is -1.58. The van der Waals surface area contributed by atoms with Crippen LogP contribution in [0.3, 0.4) is 0 Å². The van der Waals surface area contributed by atoms with Gasteiger partial charge in [-0.15, -0.1) is 11.6 Å². The Morgan fingerprint density at radius 1 is 1.33 bits per heavy atom. The standard InChI is InChI=1S/C13H14ClF2NO/c14-7-9-2-1-3-12(9)17-13(18)8-4-5-10(15)11(16)6-8/h4-6,9,12H,1-3,7H2,(H,17,18). The molecule has 1 aliphatic rings. The van der Waals surface area contributed by atoms with E-state index in [4.69, 9.17) is 11.6 Å². The predicted molar refractivity (Wildman–Crippen MR) is 65.7 cm³/mol. The van der Waals surface area contributed by atoms with Crippen LogP contribution in [0, 0.1) is 17.6 Å². The second-order valence-corrected chi connectivity index (χ2v) is 4.86. The van der Waals surface area contributed by atoms with Gasteiger partial charge in [-0.25, -0.2) is 8.78 Å². The Kier molecular flexibility index (Phi) is 4.17. The van der Waals surface area contributed by atoms with E-state index in [-0.39, 0.29) is 23.4 Å². The third kappa shape index (κ3) is 2.80.